The summed E-state index contributed by atoms with van der Waals surface area (Å²) in [5.41, 5.74) is 3.16. The Labute approximate surface area is 154 Å². The highest BCUT2D eigenvalue weighted by atomic mass is 32.2. The van der Waals surface area contributed by atoms with Gasteiger partial charge in [-0.25, -0.2) is 9.97 Å². The number of H-pyrrole nitrogens is 1. The van der Waals surface area contributed by atoms with Crippen LogP contribution in [0.15, 0.2) is 77.5 Å². The fourth-order valence-corrected chi connectivity index (χ4v) is 4.25. The van der Waals surface area contributed by atoms with Crippen molar-refractivity contribution in [3.8, 4) is 21.8 Å². The average Bonchev–Trinajstić information content (AvgIpc) is 3.35. The second-order valence-electron chi connectivity index (χ2n) is 5.51. The third-order valence-corrected chi connectivity index (χ3v) is 5.90. The lowest BCUT2D eigenvalue weighted by molar-refractivity contribution is 0.598. The monoisotopic (exact) mass is 382 g/mol. The van der Waals surface area contributed by atoms with Crippen molar-refractivity contribution in [2.45, 2.75) is 5.03 Å². The summed E-state index contributed by atoms with van der Waals surface area (Å²) in [6.45, 7) is 0. The first kappa shape index (κ1) is 16.5. The fraction of sp³-hybridized carbons (Fsp3) is 0. The molecule has 0 bridgehead atoms. The van der Waals surface area contributed by atoms with Crippen LogP contribution in [0, 0.1) is 0 Å². The normalized spacial score (nSPS) is 11.4. The topological polar surface area (TPSA) is 87.7 Å². The van der Waals surface area contributed by atoms with Crippen molar-refractivity contribution in [2.75, 3.05) is 4.72 Å². The van der Waals surface area contributed by atoms with Crippen LogP contribution in [0.2, 0.25) is 0 Å². The first-order chi connectivity index (χ1) is 12.6. The molecule has 0 fully saturated rings. The summed E-state index contributed by atoms with van der Waals surface area (Å²) in [6.07, 6.45) is 2.59. The smallest absolute Gasteiger partial charge is 0.278 e. The predicted octanol–water partition coefficient (Wildman–Crippen LogP) is 4.00. The van der Waals surface area contributed by atoms with E-state index in [9.17, 15) is 8.42 Å². The van der Waals surface area contributed by atoms with Crippen molar-refractivity contribution < 1.29 is 8.42 Å². The van der Waals surface area contributed by atoms with E-state index in [4.69, 9.17) is 0 Å². The zero-order chi connectivity index (χ0) is 18.0. The highest BCUT2D eigenvalue weighted by Crippen LogP contribution is 2.30. The van der Waals surface area contributed by atoms with E-state index in [1.165, 1.54) is 12.5 Å². The minimum absolute atomic E-state index is 0.0166. The van der Waals surface area contributed by atoms with Crippen LogP contribution >= 0.6 is 11.3 Å². The maximum absolute atomic E-state index is 12.3. The standard InChI is InChI=1S/C18H14N4O2S2/c23-26(24,17-10-19-12-20-17)22-15-8-4-7-14(9-15)16-11-25-18(21-16)13-5-2-1-3-6-13/h1-12,22H,(H,19,20). The van der Waals surface area contributed by atoms with Crippen molar-refractivity contribution >= 4 is 27.0 Å². The molecule has 0 saturated heterocycles. The number of hydrogen-bond acceptors (Lipinski definition) is 5. The fourth-order valence-electron chi connectivity index (χ4n) is 2.46. The molecular weight excluding hydrogens is 368 g/mol. The highest BCUT2D eigenvalue weighted by Gasteiger charge is 2.16. The van der Waals surface area contributed by atoms with E-state index in [0.717, 1.165) is 21.8 Å². The Balaban J connectivity index is 1.62. The summed E-state index contributed by atoms with van der Waals surface area (Å²) in [5.74, 6) is 0. The molecule has 0 atom stereocenters. The van der Waals surface area contributed by atoms with Crippen LogP contribution in [0.25, 0.3) is 21.8 Å². The Morgan fingerprint density at radius 3 is 2.58 bits per heavy atom. The van der Waals surface area contributed by atoms with Crippen molar-refractivity contribution in [3.05, 3.63) is 72.5 Å². The van der Waals surface area contributed by atoms with E-state index in [1.807, 2.05) is 41.8 Å². The van der Waals surface area contributed by atoms with Gasteiger partial charge < -0.3 is 4.98 Å². The Kier molecular flexibility index (Phi) is 4.27. The first-order valence-electron chi connectivity index (χ1n) is 7.74. The summed E-state index contributed by atoms with van der Waals surface area (Å²) in [7, 11) is -3.69. The molecule has 2 aromatic heterocycles. The molecule has 6 nitrogen and oxygen atoms in total. The number of rotatable bonds is 5. The molecule has 4 rings (SSSR count). The number of anilines is 1. The molecule has 0 saturated carbocycles. The van der Waals surface area contributed by atoms with Gasteiger partial charge in [0, 0.05) is 22.2 Å². The summed E-state index contributed by atoms with van der Waals surface area (Å²) >= 11 is 1.55. The molecular formula is C18H14N4O2S2. The Hall–Kier alpha value is -2.97. The predicted molar refractivity (Wildman–Crippen MR) is 102 cm³/mol. The zero-order valence-corrected chi connectivity index (χ0v) is 15.1. The number of nitrogens with zero attached hydrogens (tertiary/aromatic N) is 2. The first-order valence-corrected chi connectivity index (χ1v) is 10.1. The van der Waals surface area contributed by atoms with E-state index >= 15 is 0 Å². The number of sulfonamides is 1. The molecule has 0 aliphatic heterocycles. The molecule has 0 amide bonds. The highest BCUT2D eigenvalue weighted by molar-refractivity contribution is 7.92. The summed E-state index contributed by atoms with van der Waals surface area (Å²) in [6, 6.07) is 17.1. The van der Waals surface area contributed by atoms with Crippen molar-refractivity contribution in [1.82, 2.24) is 15.0 Å². The lowest BCUT2D eigenvalue weighted by Gasteiger charge is -2.07. The molecule has 130 valence electrons. The second kappa shape index (κ2) is 6.74. The van der Waals surface area contributed by atoms with Gasteiger partial charge in [-0.3, -0.25) is 4.72 Å². The maximum atomic E-state index is 12.3. The maximum Gasteiger partial charge on any atom is 0.278 e. The van der Waals surface area contributed by atoms with Crippen molar-refractivity contribution in [3.63, 3.8) is 0 Å². The summed E-state index contributed by atoms with van der Waals surface area (Å²) in [4.78, 5) is 11.0. The molecule has 0 aliphatic carbocycles. The zero-order valence-electron chi connectivity index (χ0n) is 13.5. The van der Waals surface area contributed by atoms with Gasteiger partial charge in [-0.2, -0.15) is 8.42 Å². The van der Waals surface area contributed by atoms with Crippen LogP contribution in [0.5, 0.6) is 0 Å². The quantitative estimate of drug-likeness (QED) is 0.546. The van der Waals surface area contributed by atoms with Gasteiger partial charge in [0.2, 0.25) is 0 Å². The molecule has 2 heterocycles. The van der Waals surface area contributed by atoms with E-state index in [-0.39, 0.29) is 5.03 Å². The number of benzene rings is 2. The minimum atomic E-state index is -3.69. The number of hydrogen-bond donors (Lipinski definition) is 2. The average molecular weight is 382 g/mol. The molecule has 0 aliphatic rings. The van der Waals surface area contributed by atoms with Crippen LogP contribution in [-0.2, 0) is 10.0 Å². The molecule has 4 aromatic rings. The van der Waals surface area contributed by atoms with Gasteiger partial charge in [0.05, 0.1) is 18.2 Å². The number of thiazole rings is 1. The SMILES string of the molecule is O=S(=O)(Nc1cccc(-c2csc(-c3ccccc3)n2)c1)c1cnc[nH]1. The van der Waals surface area contributed by atoms with Crippen LogP contribution in [0.1, 0.15) is 0 Å². The lowest BCUT2D eigenvalue weighted by Crippen LogP contribution is -2.13. The van der Waals surface area contributed by atoms with E-state index in [0.29, 0.717) is 5.69 Å². The van der Waals surface area contributed by atoms with Crippen LogP contribution in [0.4, 0.5) is 5.69 Å². The van der Waals surface area contributed by atoms with Crippen molar-refractivity contribution in [1.29, 1.82) is 0 Å². The van der Waals surface area contributed by atoms with Gasteiger partial charge >= 0.3 is 0 Å². The Bertz CT molecular complexity index is 1120. The third-order valence-electron chi connectivity index (χ3n) is 3.70. The van der Waals surface area contributed by atoms with Gasteiger partial charge in [0.1, 0.15) is 5.01 Å². The van der Waals surface area contributed by atoms with E-state index < -0.39 is 10.0 Å². The summed E-state index contributed by atoms with van der Waals surface area (Å²) in [5, 5.41) is 2.90. The lowest BCUT2D eigenvalue weighted by atomic mass is 10.1. The van der Waals surface area contributed by atoms with E-state index in [2.05, 4.69) is 19.7 Å². The van der Waals surface area contributed by atoms with Gasteiger partial charge in [-0.05, 0) is 12.1 Å². The van der Waals surface area contributed by atoms with Crippen LogP contribution in [-0.4, -0.2) is 23.4 Å². The molecule has 0 radical (unpaired) electrons. The third kappa shape index (κ3) is 3.37. The Morgan fingerprint density at radius 1 is 1.00 bits per heavy atom. The van der Waals surface area contributed by atoms with Gasteiger partial charge in [-0.15, -0.1) is 11.3 Å². The molecule has 0 spiro atoms. The van der Waals surface area contributed by atoms with Gasteiger partial charge in [0.15, 0.2) is 5.03 Å². The molecule has 2 N–H and O–H groups in total. The number of aromatic nitrogens is 3. The van der Waals surface area contributed by atoms with Crippen LogP contribution < -0.4 is 4.72 Å². The van der Waals surface area contributed by atoms with Crippen molar-refractivity contribution in [2.24, 2.45) is 0 Å². The summed E-state index contributed by atoms with van der Waals surface area (Å²) < 4.78 is 27.2. The van der Waals surface area contributed by atoms with E-state index in [1.54, 1.807) is 29.5 Å². The minimum Gasteiger partial charge on any atom is -0.334 e. The second-order valence-corrected chi connectivity index (χ2v) is 8.02. The van der Waals surface area contributed by atoms with Crippen LogP contribution in [0.3, 0.4) is 0 Å². The number of nitrogens with one attached hydrogen (secondary N) is 2. The number of aromatic amines is 1. The molecule has 26 heavy (non-hydrogen) atoms. The molecule has 2 aromatic carbocycles. The molecule has 8 heteroatoms. The van der Waals surface area contributed by atoms with Gasteiger partial charge in [-0.1, -0.05) is 42.5 Å². The largest absolute Gasteiger partial charge is 0.334 e. The van der Waals surface area contributed by atoms with Gasteiger partial charge in [0.25, 0.3) is 10.0 Å². The number of imidazole rings is 1. The molecule has 0 unspecified atom stereocenters. The Morgan fingerprint density at radius 2 is 1.81 bits per heavy atom.